The lowest BCUT2D eigenvalue weighted by Crippen LogP contribution is -2.57. The summed E-state index contributed by atoms with van der Waals surface area (Å²) in [6.07, 6.45) is 8.95. The molecule has 1 aromatic carbocycles. The molecule has 1 saturated heterocycles. The molecule has 0 radical (unpaired) electrons. The molecule has 104 valence electrons. The van der Waals surface area contributed by atoms with Crippen LogP contribution < -0.4 is 5.32 Å². The second-order valence-electron chi connectivity index (χ2n) is 7.03. The molecule has 0 aromatic heterocycles. The number of rotatable bonds is 1. The van der Waals surface area contributed by atoms with Gasteiger partial charge in [0.2, 0.25) is 0 Å². The first-order chi connectivity index (χ1) is 9.88. The number of nitrogens with zero attached hydrogens (tertiary/aromatic N) is 1. The van der Waals surface area contributed by atoms with Crippen molar-refractivity contribution in [3.63, 3.8) is 0 Å². The fraction of sp³-hybridized carbons (Fsp3) is 0.556. The van der Waals surface area contributed by atoms with E-state index >= 15 is 0 Å². The molecule has 3 aliphatic carbocycles. The number of hydrogen-bond donors (Lipinski definition) is 1. The van der Waals surface area contributed by atoms with Crippen LogP contribution in [0.1, 0.15) is 42.2 Å². The fourth-order valence-electron chi connectivity index (χ4n) is 5.15. The maximum Gasteiger partial charge on any atom is 0.0384 e. The summed E-state index contributed by atoms with van der Waals surface area (Å²) < 4.78 is 0. The standard InChI is InChI=1S/C18H22N2/c1-2-4-16-15(3-1)12-5-8-17(16)18(9-12)20-10-13-6-7-14(11-20)19-13/h1-4,6-7,12-14,17-19H,5,8-11H2. The Bertz CT molecular complexity index is 550. The Labute approximate surface area is 120 Å². The summed E-state index contributed by atoms with van der Waals surface area (Å²) in [5.74, 6) is 1.61. The van der Waals surface area contributed by atoms with Crippen LogP contribution in [-0.2, 0) is 0 Å². The van der Waals surface area contributed by atoms with Crippen LogP contribution in [0.5, 0.6) is 0 Å². The van der Waals surface area contributed by atoms with Crippen LogP contribution >= 0.6 is 0 Å². The quantitative estimate of drug-likeness (QED) is 0.786. The lowest BCUT2D eigenvalue weighted by atomic mass is 9.64. The van der Waals surface area contributed by atoms with E-state index in [4.69, 9.17) is 0 Å². The van der Waals surface area contributed by atoms with Crippen LogP contribution in [0.3, 0.4) is 0 Å². The highest BCUT2D eigenvalue weighted by molar-refractivity contribution is 5.40. The Morgan fingerprint density at radius 3 is 2.50 bits per heavy atom. The number of piperazine rings is 1. The third-order valence-corrected chi connectivity index (χ3v) is 5.99. The van der Waals surface area contributed by atoms with Crippen molar-refractivity contribution in [1.29, 1.82) is 0 Å². The van der Waals surface area contributed by atoms with Gasteiger partial charge in [-0.3, -0.25) is 4.90 Å². The molecule has 2 heterocycles. The van der Waals surface area contributed by atoms with Crippen molar-refractivity contribution in [1.82, 2.24) is 10.2 Å². The molecule has 2 fully saturated rings. The van der Waals surface area contributed by atoms with Crippen LogP contribution in [-0.4, -0.2) is 36.1 Å². The van der Waals surface area contributed by atoms with E-state index in [1.807, 2.05) is 0 Å². The van der Waals surface area contributed by atoms with Gasteiger partial charge in [0.25, 0.3) is 0 Å². The Balaban J connectivity index is 1.47. The van der Waals surface area contributed by atoms with E-state index in [1.54, 1.807) is 11.1 Å². The molecule has 0 spiro atoms. The second kappa shape index (κ2) is 4.19. The van der Waals surface area contributed by atoms with Crippen molar-refractivity contribution in [2.45, 2.75) is 49.2 Å². The lowest BCUT2D eigenvalue weighted by molar-refractivity contribution is 0.0855. The molecule has 6 rings (SSSR count). The van der Waals surface area contributed by atoms with Crippen LogP contribution in [0.4, 0.5) is 0 Å². The topological polar surface area (TPSA) is 15.3 Å². The maximum absolute atomic E-state index is 3.67. The summed E-state index contributed by atoms with van der Waals surface area (Å²) in [7, 11) is 0. The van der Waals surface area contributed by atoms with Gasteiger partial charge in [-0.2, -0.15) is 0 Å². The minimum Gasteiger partial charge on any atom is -0.302 e. The van der Waals surface area contributed by atoms with Crippen molar-refractivity contribution in [2.75, 3.05) is 13.1 Å². The average Bonchev–Trinajstić information content (AvgIpc) is 2.86. The van der Waals surface area contributed by atoms with E-state index in [0.29, 0.717) is 12.1 Å². The van der Waals surface area contributed by atoms with Gasteiger partial charge in [-0.15, -0.1) is 0 Å². The van der Waals surface area contributed by atoms with Crippen molar-refractivity contribution in [2.24, 2.45) is 0 Å². The van der Waals surface area contributed by atoms with Gasteiger partial charge in [0.05, 0.1) is 0 Å². The van der Waals surface area contributed by atoms with Crippen molar-refractivity contribution < 1.29 is 0 Å². The number of nitrogens with one attached hydrogen (secondary N) is 1. The molecule has 5 atom stereocenters. The summed E-state index contributed by atoms with van der Waals surface area (Å²) >= 11 is 0. The Morgan fingerprint density at radius 1 is 0.950 bits per heavy atom. The molecule has 20 heavy (non-hydrogen) atoms. The summed E-state index contributed by atoms with van der Waals surface area (Å²) in [6, 6.07) is 11.2. The van der Waals surface area contributed by atoms with Gasteiger partial charge in [-0.25, -0.2) is 0 Å². The SMILES string of the molecule is C1=CC2CN(C3CC4CCC3c3ccccc34)CC1N2. The van der Waals surface area contributed by atoms with Gasteiger partial charge in [-0.1, -0.05) is 36.4 Å². The molecular weight excluding hydrogens is 244 g/mol. The number of hydrogen-bond acceptors (Lipinski definition) is 2. The van der Waals surface area contributed by atoms with Crippen molar-refractivity contribution in [3.8, 4) is 0 Å². The molecule has 0 amide bonds. The van der Waals surface area contributed by atoms with E-state index in [-0.39, 0.29) is 0 Å². The van der Waals surface area contributed by atoms with E-state index in [0.717, 1.165) is 17.9 Å². The third kappa shape index (κ3) is 1.58. The fourth-order valence-corrected chi connectivity index (χ4v) is 5.15. The van der Waals surface area contributed by atoms with Gasteiger partial charge in [-0.05, 0) is 42.2 Å². The molecule has 1 saturated carbocycles. The van der Waals surface area contributed by atoms with E-state index < -0.39 is 0 Å². The largest absolute Gasteiger partial charge is 0.302 e. The van der Waals surface area contributed by atoms with E-state index in [2.05, 4.69) is 46.6 Å². The smallest absolute Gasteiger partial charge is 0.0384 e. The van der Waals surface area contributed by atoms with Gasteiger partial charge in [0.1, 0.15) is 0 Å². The van der Waals surface area contributed by atoms with E-state index in [1.165, 1.54) is 32.4 Å². The molecule has 2 aliphatic heterocycles. The monoisotopic (exact) mass is 266 g/mol. The highest BCUT2D eigenvalue weighted by atomic mass is 15.2. The van der Waals surface area contributed by atoms with Gasteiger partial charge >= 0.3 is 0 Å². The van der Waals surface area contributed by atoms with Crippen LogP contribution in [0, 0.1) is 0 Å². The van der Waals surface area contributed by atoms with Gasteiger partial charge in [0.15, 0.2) is 0 Å². The first-order valence-corrected chi connectivity index (χ1v) is 8.16. The summed E-state index contributed by atoms with van der Waals surface area (Å²) in [4.78, 5) is 2.79. The van der Waals surface area contributed by atoms with Gasteiger partial charge < -0.3 is 5.32 Å². The predicted molar refractivity (Wildman–Crippen MR) is 81.0 cm³/mol. The third-order valence-electron chi connectivity index (χ3n) is 5.99. The molecule has 1 aromatic rings. The normalized spacial score (nSPS) is 41.9. The maximum atomic E-state index is 3.67. The Kier molecular flexibility index (Phi) is 2.41. The predicted octanol–water partition coefficient (Wildman–Crippen LogP) is 2.63. The zero-order valence-electron chi connectivity index (χ0n) is 11.8. The second-order valence-corrected chi connectivity index (χ2v) is 7.03. The molecule has 2 heteroatoms. The van der Waals surface area contributed by atoms with Crippen molar-refractivity contribution >= 4 is 0 Å². The molecule has 1 N–H and O–H groups in total. The van der Waals surface area contributed by atoms with E-state index in [9.17, 15) is 0 Å². The first kappa shape index (κ1) is 11.5. The zero-order valence-corrected chi connectivity index (χ0v) is 11.8. The summed E-state index contributed by atoms with van der Waals surface area (Å²) in [6.45, 7) is 2.42. The highest BCUT2D eigenvalue weighted by Crippen LogP contribution is 2.51. The Morgan fingerprint density at radius 2 is 1.70 bits per heavy atom. The average molecular weight is 266 g/mol. The summed E-state index contributed by atoms with van der Waals surface area (Å²) in [5, 5.41) is 3.67. The molecule has 5 unspecified atom stereocenters. The number of fused-ring (bicyclic) bond motifs is 4. The molecule has 5 aliphatic rings. The minimum absolute atomic E-state index is 0.601. The van der Waals surface area contributed by atoms with Crippen LogP contribution in [0.2, 0.25) is 0 Å². The zero-order chi connectivity index (χ0) is 13.1. The number of benzene rings is 1. The van der Waals surface area contributed by atoms with Crippen molar-refractivity contribution in [3.05, 3.63) is 47.5 Å². The molecule has 2 nitrogen and oxygen atoms in total. The highest BCUT2D eigenvalue weighted by Gasteiger charge is 2.44. The molecule has 4 bridgehead atoms. The lowest BCUT2D eigenvalue weighted by Gasteiger charge is -2.50. The molecular formula is C18H22N2. The summed E-state index contributed by atoms with van der Waals surface area (Å²) in [5.41, 5.74) is 3.33. The minimum atomic E-state index is 0.601. The Hall–Kier alpha value is -1.12. The van der Waals surface area contributed by atoms with Crippen LogP contribution in [0.25, 0.3) is 0 Å². The van der Waals surface area contributed by atoms with Crippen LogP contribution in [0.15, 0.2) is 36.4 Å². The first-order valence-electron chi connectivity index (χ1n) is 8.16. The van der Waals surface area contributed by atoms with Gasteiger partial charge in [0, 0.05) is 31.2 Å².